The number of aliphatic imine (C=N–C) groups is 1. The van der Waals surface area contributed by atoms with E-state index in [0.29, 0.717) is 25.6 Å². The van der Waals surface area contributed by atoms with Gasteiger partial charge in [-0.15, -0.1) is 0 Å². The highest BCUT2D eigenvalue weighted by atomic mass is 16.5. The summed E-state index contributed by atoms with van der Waals surface area (Å²) < 4.78 is 5.38. The van der Waals surface area contributed by atoms with Crippen molar-refractivity contribution in [2.75, 3.05) is 33.8 Å². The SMILES string of the molecule is CN=C(NCCN1C(=O)CNC1=O)NCc1ccc(C)cc1OC. The number of carbonyl (C=O) groups excluding carboxylic acids is 2. The molecule has 1 aliphatic rings. The number of methoxy groups -OCH3 is 1. The van der Waals surface area contributed by atoms with Crippen LogP contribution in [0.25, 0.3) is 0 Å². The fourth-order valence-corrected chi connectivity index (χ4v) is 2.37. The Morgan fingerprint density at radius 3 is 2.79 bits per heavy atom. The lowest BCUT2D eigenvalue weighted by atomic mass is 10.1. The predicted octanol–water partition coefficient (Wildman–Crippen LogP) is 0.220. The predicted molar refractivity (Wildman–Crippen MR) is 91.0 cm³/mol. The van der Waals surface area contributed by atoms with Crippen LogP contribution in [-0.2, 0) is 11.3 Å². The maximum atomic E-state index is 11.5. The molecule has 1 aromatic rings. The largest absolute Gasteiger partial charge is 0.496 e. The maximum absolute atomic E-state index is 11.5. The summed E-state index contributed by atoms with van der Waals surface area (Å²) in [5.41, 5.74) is 2.15. The third-order valence-corrected chi connectivity index (χ3v) is 3.68. The highest BCUT2D eigenvalue weighted by Gasteiger charge is 2.27. The van der Waals surface area contributed by atoms with E-state index >= 15 is 0 Å². The second-order valence-corrected chi connectivity index (χ2v) is 5.37. The van der Waals surface area contributed by atoms with Crippen molar-refractivity contribution in [1.82, 2.24) is 20.9 Å². The van der Waals surface area contributed by atoms with Gasteiger partial charge in [0.1, 0.15) is 5.75 Å². The van der Waals surface area contributed by atoms with Gasteiger partial charge in [-0.05, 0) is 18.6 Å². The van der Waals surface area contributed by atoms with E-state index in [1.165, 1.54) is 4.90 Å². The summed E-state index contributed by atoms with van der Waals surface area (Å²) in [4.78, 5) is 28.3. The maximum Gasteiger partial charge on any atom is 0.324 e. The fraction of sp³-hybridized carbons (Fsp3) is 0.438. The average Bonchev–Trinajstić information content (AvgIpc) is 2.90. The summed E-state index contributed by atoms with van der Waals surface area (Å²) in [5, 5.41) is 8.75. The number of guanidine groups is 1. The number of urea groups is 1. The summed E-state index contributed by atoms with van der Waals surface area (Å²) in [6.45, 7) is 3.34. The van der Waals surface area contributed by atoms with Crippen molar-refractivity contribution >= 4 is 17.9 Å². The van der Waals surface area contributed by atoms with E-state index in [0.717, 1.165) is 16.9 Å². The Kier molecular flexibility index (Phi) is 6.00. The Hall–Kier alpha value is -2.77. The second kappa shape index (κ2) is 8.19. The summed E-state index contributed by atoms with van der Waals surface area (Å²) in [5.74, 6) is 1.19. The Morgan fingerprint density at radius 1 is 1.38 bits per heavy atom. The van der Waals surface area contributed by atoms with E-state index in [1.807, 2.05) is 25.1 Å². The van der Waals surface area contributed by atoms with E-state index < -0.39 is 0 Å². The normalized spacial score (nSPS) is 14.6. The van der Waals surface area contributed by atoms with Crippen LogP contribution in [0.2, 0.25) is 0 Å². The molecule has 0 aromatic heterocycles. The number of nitrogens with zero attached hydrogens (tertiary/aromatic N) is 2. The molecule has 0 saturated carbocycles. The molecule has 0 bridgehead atoms. The number of ether oxygens (including phenoxy) is 1. The minimum Gasteiger partial charge on any atom is -0.496 e. The number of benzene rings is 1. The van der Waals surface area contributed by atoms with Crippen LogP contribution < -0.4 is 20.7 Å². The molecular formula is C16H23N5O3. The third-order valence-electron chi connectivity index (χ3n) is 3.68. The average molecular weight is 333 g/mol. The van der Waals surface area contributed by atoms with Gasteiger partial charge in [-0.25, -0.2) is 4.79 Å². The van der Waals surface area contributed by atoms with Crippen LogP contribution in [0.4, 0.5) is 4.79 Å². The van der Waals surface area contributed by atoms with Crippen LogP contribution >= 0.6 is 0 Å². The summed E-state index contributed by atoms with van der Waals surface area (Å²) in [7, 11) is 3.30. The minimum absolute atomic E-state index is 0.0685. The molecule has 1 aromatic carbocycles. The highest BCUT2D eigenvalue weighted by Crippen LogP contribution is 2.19. The topological polar surface area (TPSA) is 95.1 Å². The molecule has 24 heavy (non-hydrogen) atoms. The lowest BCUT2D eigenvalue weighted by Gasteiger charge is -2.16. The van der Waals surface area contributed by atoms with Crippen LogP contribution in [0.15, 0.2) is 23.2 Å². The van der Waals surface area contributed by atoms with Crippen LogP contribution in [0.1, 0.15) is 11.1 Å². The molecule has 3 amide bonds. The van der Waals surface area contributed by atoms with Gasteiger partial charge in [0.05, 0.1) is 13.7 Å². The van der Waals surface area contributed by atoms with E-state index in [9.17, 15) is 9.59 Å². The van der Waals surface area contributed by atoms with Gasteiger partial charge in [0.2, 0.25) is 5.91 Å². The van der Waals surface area contributed by atoms with Crippen LogP contribution in [0, 0.1) is 6.92 Å². The lowest BCUT2D eigenvalue weighted by molar-refractivity contribution is -0.124. The summed E-state index contributed by atoms with van der Waals surface area (Å²) in [6.07, 6.45) is 0. The number of hydrogen-bond donors (Lipinski definition) is 3. The zero-order chi connectivity index (χ0) is 17.5. The molecule has 1 heterocycles. The number of imide groups is 1. The molecule has 0 radical (unpaired) electrons. The molecular weight excluding hydrogens is 310 g/mol. The number of aryl methyl sites for hydroxylation is 1. The van der Waals surface area contributed by atoms with Gasteiger partial charge in [-0.3, -0.25) is 14.7 Å². The van der Waals surface area contributed by atoms with Gasteiger partial charge < -0.3 is 20.7 Å². The third kappa shape index (κ3) is 4.37. The monoisotopic (exact) mass is 333 g/mol. The van der Waals surface area contributed by atoms with Crippen LogP contribution in [-0.4, -0.2) is 56.6 Å². The second-order valence-electron chi connectivity index (χ2n) is 5.37. The first-order chi connectivity index (χ1) is 11.5. The molecule has 0 spiro atoms. The van der Waals surface area contributed by atoms with Crippen molar-refractivity contribution in [1.29, 1.82) is 0 Å². The molecule has 1 fully saturated rings. The molecule has 3 N–H and O–H groups in total. The molecule has 1 saturated heterocycles. The van der Waals surface area contributed by atoms with Gasteiger partial charge in [0.25, 0.3) is 0 Å². The van der Waals surface area contributed by atoms with Gasteiger partial charge >= 0.3 is 6.03 Å². The highest BCUT2D eigenvalue weighted by molar-refractivity contribution is 6.01. The summed E-state index contributed by atoms with van der Waals surface area (Å²) in [6, 6.07) is 5.65. The molecule has 2 rings (SSSR count). The number of amides is 3. The van der Waals surface area contributed by atoms with Crippen molar-refractivity contribution in [3.63, 3.8) is 0 Å². The van der Waals surface area contributed by atoms with Crippen molar-refractivity contribution in [2.24, 2.45) is 4.99 Å². The van der Waals surface area contributed by atoms with E-state index in [1.54, 1.807) is 14.2 Å². The molecule has 8 nitrogen and oxygen atoms in total. The first-order valence-corrected chi connectivity index (χ1v) is 7.71. The first-order valence-electron chi connectivity index (χ1n) is 7.71. The summed E-state index contributed by atoms with van der Waals surface area (Å²) >= 11 is 0. The Labute approximate surface area is 141 Å². The van der Waals surface area contributed by atoms with Crippen molar-refractivity contribution in [2.45, 2.75) is 13.5 Å². The van der Waals surface area contributed by atoms with E-state index in [2.05, 4.69) is 20.9 Å². The fourth-order valence-electron chi connectivity index (χ4n) is 2.37. The van der Waals surface area contributed by atoms with Crippen molar-refractivity contribution in [3.05, 3.63) is 29.3 Å². The molecule has 0 aliphatic carbocycles. The number of carbonyl (C=O) groups is 2. The molecule has 1 aliphatic heterocycles. The molecule has 130 valence electrons. The van der Waals surface area contributed by atoms with E-state index in [4.69, 9.17) is 4.74 Å². The Morgan fingerprint density at radius 2 is 2.17 bits per heavy atom. The first kappa shape index (κ1) is 17.6. The zero-order valence-electron chi connectivity index (χ0n) is 14.2. The van der Waals surface area contributed by atoms with Gasteiger partial charge in [0.15, 0.2) is 5.96 Å². The standard InChI is InChI=1S/C16H23N5O3/c1-11-4-5-12(13(8-11)24-3)9-19-15(17-2)18-6-7-21-14(22)10-20-16(21)23/h4-5,8H,6-7,9-10H2,1-3H3,(H,20,23)(H2,17,18,19). The van der Waals surface area contributed by atoms with Crippen LogP contribution in [0.5, 0.6) is 5.75 Å². The minimum atomic E-state index is -0.353. The van der Waals surface area contributed by atoms with Crippen molar-refractivity contribution in [3.8, 4) is 5.75 Å². The number of rotatable bonds is 6. The lowest BCUT2D eigenvalue weighted by Crippen LogP contribution is -2.43. The number of hydrogen-bond acceptors (Lipinski definition) is 4. The van der Waals surface area contributed by atoms with Crippen LogP contribution in [0.3, 0.4) is 0 Å². The molecule has 0 atom stereocenters. The van der Waals surface area contributed by atoms with Gasteiger partial charge in [-0.2, -0.15) is 0 Å². The van der Waals surface area contributed by atoms with Gasteiger partial charge in [-0.1, -0.05) is 12.1 Å². The Balaban J connectivity index is 1.83. The zero-order valence-corrected chi connectivity index (χ0v) is 14.2. The molecule has 8 heteroatoms. The van der Waals surface area contributed by atoms with Crippen molar-refractivity contribution < 1.29 is 14.3 Å². The Bertz CT molecular complexity index is 629. The van der Waals surface area contributed by atoms with Gasteiger partial charge in [0, 0.05) is 32.2 Å². The quantitative estimate of drug-likeness (QED) is 0.393. The number of nitrogens with one attached hydrogen (secondary N) is 3. The smallest absolute Gasteiger partial charge is 0.324 e. The molecule has 0 unspecified atom stereocenters. The van der Waals surface area contributed by atoms with E-state index in [-0.39, 0.29) is 18.5 Å².